The second-order valence-electron chi connectivity index (χ2n) is 7.05. The van der Waals surface area contributed by atoms with Crippen LogP contribution in [-0.2, 0) is 6.61 Å². The lowest BCUT2D eigenvalue weighted by molar-refractivity contribution is 0.0950. The number of benzene rings is 2. The molecule has 0 saturated carbocycles. The number of halogens is 3. The van der Waals surface area contributed by atoms with Crippen LogP contribution >= 0.6 is 34.8 Å². The molecule has 0 radical (unpaired) electrons. The van der Waals surface area contributed by atoms with Crippen molar-refractivity contribution < 1.29 is 14.3 Å². The molecule has 3 aromatic rings. The Morgan fingerprint density at radius 2 is 1.91 bits per heavy atom. The van der Waals surface area contributed by atoms with Crippen molar-refractivity contribution in [2.45, 2.75) is 20.5 Å². The number of nitrogen functional groups attached to an aromatic ring is 1. The molecule has 172 valence electrons. The van der Waals surface area contributed by atoms with E-state index in [0.29, 0.717) is 17.9 Å². The number of hydrazone groups is 1. The number of hydrogen-bond donors (Lipinski definition) is 2. The molecular formula is C23H21Cl3N4O3. The topological polar surface area (TPSA) is 98.8 Å². The molecule has 1 amide bonds. The van der Waals surface area contributed by atoms with Crippen LogP contribution in [0.3, 0.4) is 0 Å². The average Bonchev–Trinajstić information content (AvgIpc) is 2.81. The van der Waals surface area contributed by atoms with Gasteiger partial charge in [-0.2, -0.15) is 5.10 Å². The number of carbonyl (C=O) groups is 1. The largest absolute Gasteiger partial charge is 0.496 e. The summed E-state index contributed by atoms with van der Waals surface area (Å²) in [6, 6.07) is 11.3. The SMILES string of the molecule is COc1ccc(/C=N\NC(=O)c2nc(Cl)c(Cl)c(N)c2Cl)cc1COc1cccc(C)c1C. The highest BCUT2D eigenvalue weighted by Gasteiger charge is 2.19. The summed E-state index contributed by atoms with van der Waals surface area (Å²) in [7, 11) is 1.59. The van der Waals surface area contributed by atoms with Crippen LogP contribution in [0.4, 0.5) is 5.69 Å². The Bertz CT molecular complexity index is 1230. The molecular weight excluding hydrogens is 487 g/mol. The number of carbonyl (C=O) groups excluding carboxylic acids is 1. The van der Waals surface area contributed by atoms with Crippen LogP contribution < -0.4 is 20.6 Å². The maximum atomic E-state index is 12.4. The number of pyridine rings is 1. The van der Waals surface area contributed by atoms with Gasteiger partial charge in [0.1, 0.15) is 23.1 Å². The molecule has 0 saturated heterocycles. The van der Waals surface area contributed by atoms with Crippen molar-refractivity contribution in [2.24, 2.45) is 5.10 Å². The summed E-state index contributed by atoms with van der Waals surface area (Å²) >= 11 is 17.8. The minimum absolute atomic E-state index is 0.0180. The summed E-state index contributed by atoms with van der Waals surface area (Å²) in [6.07, 6.45) is 1.47. The molecule has 0 atom stereocenters. The Morgan fingerprint density at radius 1 is 1.15 bits per heavy atom. The minimum Gasteiger partial charge on any atom is -0.496 e. The zero-order chi connectivity index (χ0) is 24.1. The van der Waals surface area contributed by atoms with E-state index in [9.17, 15) is 4.79 Å². The highest BCUT2D eigenvalue weighted by atomic mass is 35.5. The summed E-state index contributed by atoms with van der Waals surface area (Å²) in [5.41, 5.74) is 11.6. The van der Waals surface area contributed by atoms with Gasteiger partial charge in [-0.25, -0.2) is 10.4 Å². The Morgan fingerprint density at radius 3 is 2.64 bits per heavy atom. The lowest BCUT2D eigenvalue weighted by Crippen LogP contribution is -2.20. The Balaban J connectivity index is 1.74. The summed E-state index contributed by atoms with van der Waals surface area (Å²) in [5, 5.41) is 3.71. The number of rotatable bonds is 7. The second-order valence-corrected chi connectivity index (χ2v) is 8.16. The maximum absolute atomic E-state index is 12.4. The van der Waals surface area contributed by atoms with Gasteiger partial charge in [0, 0.05) is 5.56 Å². The van der Waals surface area contributed by atoms with Gasteiger partial charge in [-0.3, -0.25) is 4.79 Å². The van der Waals surface area contributed by atoms with E-state index in [4.69, 9.17) is 50.0 Å². The molecule has 0 unspecified atom stereocenters. The molecule has 3 rings (SSSR count). The first kappa shape index (κ1) is 24.6. The van der Waals surface area contributed by atoms with Gasteiger partial charge in [-0.1, -0.05) is 46.9 Å². The zero-order valence-electron chi connectivity index (χ0n) is 18.1. The predicted molar refractivity (Wildman–Crippen MR) is 132 cm³/mol. The molecule has 0 aliphatic heterocycles. The lowest BCUT2D eigenvalue weighted by atomic mass is 10.1. The minimum atomic E-state index is -0.687. The van der Waals surface area contributed by atoms with Gasteiger partial charge < -0.3 is 15.2 Å². The molecule has 2 aromatic carbocycles. The number of hydrogen-bond acceptors (Lipinski definition) is 6. The van der Waals surface area contributed by atoms with Crippen molar-refractivity contribution in [1.29, 1.82) is 0 Å². The number of aromatic nitrogens is 1. The van der Waals surface area contributed by atoms with Crippen LogP contribution in [0.1, 0.15) is 32.7 Å². The van der Waals surface area contributed by atoms with Gasteiger partial charge in [-0.05, 0) is 54.8 Å². The molecule has 0 aliphatic carbocycles. The molecule has 33 heavy (non-hydrogen) atoms. The number of nitrogens with one attached hydrogen (secondary N) is 1. The van der Waals surface area contributed by atoms with E-state index in [1.807, 2.05) is 38.1 Å². The van der Waals surface area contributed by atoms with E-state index in [2.05, 4.69) is 15.5 Å². The second kappa shape index (κ2) is 10.7. The Kier molecular flexibility index (Phi) is 8.02. The van der Waals surface area contributed by atoms with Crippen molar-refractivity contribution in [3.63, 3.8) is 0 Å². The standard InChI is InChI=1S/C23H21Cl3N4O3/c1-12-5-4-6-16(13(12)2)33-11-15-9-14(7-8-17(15)32-3)10-28-30-23(31)21-18(24)20(27)19(25)22(26)29-21/h4-10H,11H2,1-3H3,(H2,27,29)(H,30,31)/b28-10-. The summed E-state index contributed by atoms with van der Waals surface area (Å²) in [5.74, 6) is 0.783. The van der Waals surface area contributed by atoms with E-state index in [1.165, 1.54) is 6.21 Å². The quantitative estimate of drug-likeness (QED) is 0.247. The molecule has 1 aromatic heterocycles. The maximum Gasteiger partial charge on any atom is 0.291 e. The van der Waals surface area contributed by atoms with E-state index >= 15 is 0 Å². The number of nitrogens with zero attached hydrogens (tertiary/aromatic N) is 2. The van der Waals surface area contributed by atoms with Crippen molar-refractivity contribution in [2.75, 3.05) is 12.8 Å². The molecule has 0 aliphatic rings. The van der Waals surface area contributed by atoms with Gasteiger partial charge in [0.15, 0.2) is 10.8 Å². The van der Waals surface area contributed by atoms with Crippen molar-refractivity contribution in [1.82, 2.24) is 10.4 Å². The van der Waals surface area contributed by atoms with Crippen molar-refractivity contribution in [3.8, 4) is 11.5 Å². The Labute approximate surface area is 206 Å². The van der Waals surface area contributed by atoms with Crippen LogP contribution in [0.25, 0.3) is 0 Å². The normalized spacial score (nSPS) is 11.0. The van der Waals surface area contributed by atoms with E-state index < -0.39 is 5.91 Å². The summed E-state index contributed by atoms with van der Waals surface area (Å²) in [6.45, 7) is 4.34. The highest BCUT2D eigenvalue weighted by Crippen LogP contribution is 2.34. The molecule has 0 spiro atoms. The monoisotopic (exact) mass is 506 g/mol. The van der Waals surface area contributed by atoms with Gasteiger partial charge in [0.2, 0.25) is 0 Å². The molecule has 1 heterocycles. The molecule has 0 fully saturated rings. The zero-order valence-corrected chi connectivity index (χ0v) is 20.3. The third-order valence-corrected chi connectivity index (χ3v) is 6.04. The predicted octanol–water partition coefficient (Wildman–Crippen LogP) is 5.59. The van der Waals surface area contributed by atoms with E-state index in [0.717, 1.165) is 22.4 Å². The number of anilines is 1. The third-order valence-electron chi connectivity index (χ3n) is 4.91. The van der Waals surface area contributed by atoms with Crippen LogP contribution in [0.5, 0.6) is 11.5 Å². The number of nitrogens with two attached hydrogens (primary N) is 1. The number of aryl methyl sites for hydroxylation is 1. The molecule has 10 heteroatoms. The molecule has 0 bridgehead atoms. The molecule has 7 nitrogen and oxygen atoms in total. The first-order valence-electron chi connectivity index (χ1n) is 9.72. The van der Waals surface area contributed by atoms with Crippen molar-refractivity contribution in [3.05, 3.63) is 79.5 Å². The van der Waals surface area contributed by atoms with E-state index in [1.54, 1.807) is 19.2 Å². The van der Waals surface area contributed by atoms with Crippen molar-refractivity contribution >= 4 is 52.6 Å². The van der Waals surface area contributed by atoms with Crippen LogP contribution in [0.15, 0.2) is 41.5 Å². The Hall–Kier alpha value is -3.00. The van der Waals surface area contributed by atoms with Crippen LogP contribution in [-0.4, -0.2) is 24.2 Å². The van der Waals surface area contributed by atoms with Gasteiger partial charge >= 0.3 is 0 Å². The fraction of sp³-hybridized carbons (Fsp3) is 0.174. The van der Waals surface area contributed by atoms with Crippen LogP contribution in [0.2, 0.25) is 15.2 Å². The number of methoxy groups -OCH3 is 1. The molecule has 3 N–H and O–H groups in total. The average molecular weight is 508 g/mol. The first-order valence-corrected chi connectivity index (χ1v) is 10.9. The fourth-order valence-electron chi connectivity index (χ4n) is 2.93. The smallest absolute Gasteiger partial charge is 0.291 e. The van der Waals surface area contributed by atoms with E-state index in [-0.39, 0.29) is 26.6 Å². The van der Waals surface area contributed by atoms with Crippen LogP contribution in [0, 0.1) is 13.8 Å². The highest BCUT2D eigenvalue weighted by molar-refractivity contribution is 6.46. The summed E-state index contributed by atoms with van der Waals surface area (Å²) in [4.78, 5) is 16.3. The number of ether oxygens (including phenoxy) is 2. The van der Waals surface area contributed by atoms with Gasteiger partial charge in [-0.15, -0.1) is 0 Å². The van der Waals surface area contributed by atoms with Gasteiger partial charge in [0.25, 0.3) is 5.91 Å². The first-order chi connectivity index (χ1) is 15.7. The lowest BCUT2D eigenvalue weighted by Gasteiger charge is -2.13. The summed E-state index contributed by atoms with van der Waals surface area (Å²) < 4.78 is 11.4. The van der Waals surface area contributed by atoms with Gasteiger partial charge in [0.05, 0.1) is 24.0 Å². The fourth-order valence-corrected chi connectivity index (χ4v) is 3.52. The number of amides is 1. The third kappa shape index (κ3) is 5.68.